The second kappa shape index (κ2) is 7.30. The van der Waals surface area contributed by atoms with Crippen LogP contribution in [0.2, 0.25) is 0 Å². The van der Waals surface area contributed by atoms with Crippen LogP contribution in [-0.2, 0) is 6.54 Å². The highest BCUT2D eigenvalue weighted by Crippen LogP contribution is 2.39. The predicted molar refractivity (Wildman–Crippen MR) is 98.7 cm³/mol. The molecule has 4 nitrogen and oxygen atoms in total. The van der Waals surface area contributed by atoms with Crippen LogP contribution in [0.15, 0.2) is 60.8 Å². The zero-order chi connectivity index (χ0) is 17.9. The highest BCUT2D eigenvalue weighted by molar-refractivity contribution is 5.33. The van der Waals surface area contributed by atoms with Gasteiger partial charge in [0.2, 0.25) is 0 Å². The molecule has 0 bridgehead atoms. The summed E-state index contributed by atoms with van der Waals surface area (Å²) >= 11 is 0. The first-order valence-electron chi connectivity index (χ1n) is 8.83. The molecule has 0 aliphatic carbocycles. The summed E-state index contributed by atoms with van der Waals surface area (Å²) < 4.78 is 18.4. The smallest absolute Gasteiger partial charge is 0.123 e. The van der Waals surface area contributed by atoms with Gasteiger partial charge in [-0.15, -0.1) is 0 Å². The molecule has 1 aliphatic rings. The van der Waals surface area contributed by atoms with Crippen LogP contribution in [0, 0.1) is 5.82 Å². The maximum absolute atomic E-state index is 13.2. The van der Waals surface area contributed by atoms with Crippen LogP contribution in [-0.4, -0.2) is 35.3 Å². The lowest BCUT2D eigenvalue weighted by molar-refractivity contribution is 0.323. The van der Waals surface area contributed by atoms with Crippen LogP contribution in [0.5, 0.6) is 5.75 Å². The number of hydrogen-bond donors (Lipinski definition) is 1. The lowest BCUT2D eigenvalue weighted by Crippen LogP contribution is -2.20. The molecule has 26 heavy (non-hydrogen) atoms. The topological polar surface area (TPSA) is 41.1 Å². The van der Waals surface area contributed by atoms with E-state index in [2.05, 4.69) is 33.3 Å². The molecule has 1 N–H and O–H groups in total. The average molecular weight is 351 g/mol. The minimum Gasteiger partial charge on any atom is -0.497 e. The lowest BCUT2D eigenvalue weighted by atomic mass is 9.87. The third-order valence-electron chi connectivity index (χ3n) is 5.18. The quantitative estimate of drug-likeness (QED) is 0.757. The van der Waals surface area contributed by atoms with Gasteiger partial charge in [-0.3, -0.25) is 10.00 Å². The largest absolute Gasteiger partial charge is 0.497 e. The summed E-state index contributed by atoms with van der Waals surface area (Å²) in [6, 6.07) is 17.2. The first-order valence-corrected chi connectivity index (χ1v) is 8.83. The Hall–Kier alpha value is -2.66. The Morgan fingerprint density at radius 1 is 1.04 bits per heavy atom. The fourth-order valence-corrected chi connectivity index (χ4v) is 3.84. The van der Waals surface area contributed by atoms with Crippen molar-refractivity contribution < 1.29 is 9.13 Å². The number of nitrogens with one attached hydrogen (secondary N) is 1. The number of rotatable bonds is 5. The number of nitrogens with zero attached hydrogens (tertiary/aromatic N) is 2. The van der Waals surface area contributed by atoms with E-state index in [0.29, 0.717) is 11.8 Å². The van der Waals surface area contributed by atoms with Crippen molar-refractivity contribution in [3.8, 4) is 5.75 Å². The molecule has 0 radical (unpaired) electrons. The second-order valence-electron chi connectivity index (χ2n) is 6.82. The van der Waals surface area contributed by atoms with Crippen LogP contribution in [0.1, 0.15) is 28.7 Å². The van der Waals surface area contributed by atoms with E-state index in [9.17, 15) is 4.39 Å². The van der Waals surface area contributed by atoms with Gasteiger partial charge < -0.3 is 4.74 Å². The predicted octanol–water partition coefficient (Wildman–Crippen LogP) is 3.94. The number of halogens is 1. The molecule has 134 valence electrons. The summed E-state index contributed by atoms with van der Waals surface area (Å²) in [7, 11) is 1.68. The van der Waals surface area contributed by atoms with Crippen molar-refractivity contribution in [2.45, 2.75) is 18.4 Å². The molecule has 2 atom stereocenters. The highest BCUT2D eigenvalue weighted by atomic mass is 19.1. The van der Waals surface area contributed by atoms with Gasteiger partial charge in [-0.1, -0.05) is 24.3 Å². The third-order valence-corrected chi connectivity index (χ3v) is 5.18. The van der Waals surface area contributed by atoms with E-state index in [0.717, 1.165) is 36.6 Å². The van der Waals surface area contributed by atoms with E-state index >= 15 is 0 Å². The zero-order valence-corrected chi connectivity index (χ0v) is 14.7. The van der Waals surface area contributed by atoms with Gasteiger partial charge in [0.25, 0.3) is 0 Å². The number of methoxy groups -OCH3 is 1. The van der Waals surface area contributed by atoms with E-state index in [1.807, 2.05) is 30.5 Å². The molecule has 4 rings (SSSR count). The molecule has 1 aromatic heterocycles. The number of ether oxygens (including phenoxy) is 1. The first kappa shape index (κ1) is 16.8. The van der Waals surface area contributed by atoms with Gasteiger partial charge in [0.05, 0.1) is 7.11 Å². The summed E-state index contributed by atoms with van der Waals surface area (Å²) in [6.07, 6.45) is 1.81. The van der Waals surface area contributed by atoms with Crippen molar-refractivity contribution in [3.05, 3.63) is 83.4 Å². The maximum Gasteiger partial charge on any atom is 0.123 e. The summed E-state index contributed by atoms with van der Waals surface area (Å²) in [4.78, 5) is 2.42. The lowest BCUT2D eigenvalue weighted by Gasteiger charge is -2.18. The summed E-state index contributed by atoms with van der Waals surface area (Å²) in [5, 5.41) is 7.28. The Labute approximate surface area is 152 Å². The van der Waals surface area contributed by atoms with Crippen molar-refractivity contribution in [2.75, 3.05) is 20.2 Å². The molecule has 0 saturated carbocycles. The molecule has 0 amide bonds. The number of likely N-dealkylation sites (tertiary alicyclic amines) is 1. The molecule has 1 saturated heterocycles. The average Bonchev–Trinajstić information content (AvgIpc) is 3.33. The minimum atomic E-state index is -0.193. The number of benzene rings is 2. The molecule has 2 heterocycles. The van der Waals surface area contributed by atoms with E-state index in [-0.39, 0.29) is 5.82 Å². The number of hydrogen-bond acceptors (Lipinski definition) is 3. The molecule has 1 aliphatic heterocycles. The van der Waals surface area contributed by atoms with Crippen LogP contribution in [0.4, 0.5) is 4.39 Å². The maximum atomic E-state index is 13.2. The van der Waals surface area contributed by atoms with Gasteiger partial charge in [-0.05, 0) is 41.5 Å². The van der Waals surface area contributed by atoms with E-state index in [1.54, 1.807) is 7.11 Å². The second-order valence-corrected chi connectivity index (χ2v) is 6.82. The molecular formula is C21H22FN3O. The molecule has 1 fully saturated rings. The van der Waals surface area contributed by atoms with Crippen molar-refractivity contribution in [2.24, 2.45) is 0 Å². The first-order chi connectivity index (χ1) is 12.7. The molecule has 2 aromatic carbocycles. The Morgan fingerprint density at radius 3 is 2.42 bits per heavy atom. The Kier molecular flexibility index (Phi) is 4.71. The summed E-state index contributed by atoms with van der Waals surface area (Å²) in [6.45, 7) is 2.71. The fourth-order valence-electron chi connectivity index (χ4n) is 3.84. The highest BCUT2D eigenvalue weighted by Gasteiger charge is 2.35. The van der Waals surface area contributed by atoms with Crippen molar-refractivity contribution in [1.82, 2.24) is 15.1 Å². The molecule has 3 aromatic rings. The molecule has 5 heteroatoms. The molecule has 0 spiro atoms. The van der Waals surface area contributed by atoms with Crippen LogP contribution in [0.25, 0.3) is 0 Å². The minimum absolute atomic E-state index is 0.193. The van der Waals surface area contributed by atoms with Crippen molar-refractivity contribution in [1.29, 1.82) is 0 Å². The van der Waals surface area contributed by atoms with Gasteiger partial charge >= 0.3 is 0 Å². The van der Waals surface area contributed by atoms with Crippen molar-refractivity contribution in [3.63, 3.8) is 0 Å². The Balaban J connectivity index is 1.57. The summed E-state index contributed by atoms with van der Waals surface area (Å²) in [5.74, 6) is 1.41. The zero-order valence-electron chi connectivity index (χ0n) is 14.7. The van der Waals surface area contributed by atoms with E-state index < -0.39 is 0 Å². The summed E-state index contributed by atoms with van der Waals surface area (Å²) in [5.41, 5.74) is 3.59. The standard InChI is InChI=1S/C21H22FN3O/c1-26-18-8-4-16(5-9-18)19-13-25(12-15-2-6-17(22)7-3-15)14-20(19)21-10-11-23-24-21/h2-11,19-20H,12-14H2,1H3,(H,23,24)/t19-,20+/m0/s1. The Morgan fingerprint density at radius 2 is 1.77 bits per heavy atom. The van der Waals surface area contributed by atoms with Crippen molar-refractivity contribution >= 4 is 0 Å². The van der Waals surface area contributed by atoms with Crippen LogP contribution < -0.4 is 4.74 Å². The van der Waals surface area contributed by atoms with Gasteiger partial charge in [-0.25, -0.2) is 4.39 Å². The number of aromatic amines is 1. The molecular weight excluding hydrogens is 329 g/mol. The van der Waals surface area contributed by atoms with Gasteiger partial charge in [0.15, 0.2) is 0 Å². The number of H-pyrrole nitrogens is 1. The van der Waals surface area contributed by atoms with E-state index in [4.69, 9.17) is 4.74 Å². The van der Waals surface area contributed by atoms with Crippen LogP contribution in [0.3, 0.4) is 0 Å². The van der Waals surface area contributed by atoms with Gasteiger partial charge in [-0.2, -0.15) is 5.10 Å². The van der Waals surface area contributed by atoms with Gasteiger partial charge in [0, 0.05) is 43.4 Å². The fraction of sp³-hybridized carbons (Fsp3) is 0.286. The molecule has 0 unspecified atom stereocenters. The van der Waals surface area contributed by atoms with Gasteiger partial charge in [0.1, 0.15) is 11.6 Å². The van der Waals surface area contributed by atoms with E-state index in [1.165, 1.54) is 17.7 Å². The van der Waals surface area contributed by atoms with Crippen LogP contribution >= 0.6 is 0 Å². The normalized spacial score (nSPS) is 20.4. The Bertz CT molecular complexity index is 831. The SMILES string of the molecule is COc1ccc([C@@H]2CN(Cc3ccc(F)cc3)C[C@H]2c2ccn[nH]2)cc1. The third kappa shape index (κ3) is 3.48. The number of aromatic nitrogens is 2. The monoisotopic (exact) mass is 351 g/mol.